The summed E-state index contributed by atoms with van der Waals surface area (Å²) in [6.07, 6.45) is 3.92. The lowest BCUT2D eigenvalue weighted by Gasteiger charge is -2.18. The maximum Gasteiger partial charge on any atom is 0.0233 e. The Hall–Kier alpha value is -0.860. The van der Waals surface area contributed by atoms with Crippen LogP contribution in [0.2, 0.25) is 0 Å². The van der Waals surface area contributed by atoms with Gasteiger partial charge in [-0.15, -0.1) is 0 Å². The molecule has 1 aromatic carbocycles. The first-order valence-electron chi connectivity index (χ1n) is 6.64. The van der Waals surface area contributed by atoms with Crippen LogP contribution in [-0.4, -0.2) is 18.5 Å². The van der Waals surface area contributed by atoms with Gasteiger partial charge in [-0.1, -0.05) is 38.0 Å². The largest absolute Gasteiger partial charge is 0.326 e. The predicted octanol–water partition coefficient (Wildman–Crippen LogP) is 3.08. The quantitative estimate of drug-likeness (QED) is 0.735. The summed E-state index contributed by atoms with van der Waals surface area (Å²) in [4.78, 5) is 2.40. The van der Waals surface area contributed by atoms with Crippen molar-refractivity contribution in [2.24, 2.45) is 5.73 Å². The molecule has 0 saturated heterocycles. The number of nitrogens with zero attached hydrogens (tertiary/aromatic N) is 1. The Kier molecular flexibility index (Phi) is 6.23. The third-order valence-electron chi connectivity index (χ3n) is 3.23. The van der Waals surface area contributed by atoms with Gasteiger partial charge in [-0.2, -0.15) is 0 Å². The average Bonchev–Trinajstić information content (AvgIpc) is 2.32. The molecule has 0 bridgehead atoms. The van der Waals surface area contributed by atoms with Gasteiger partial charge in [0, 0.05) is 13.1 Å². The monoisotopic (exact) mass is 234 g/mol. The summed E-state index contributed by atoms with van der Waals surface area (Å²) in [6, 6.07) is 6.56. The van der Waals surface area contributed by atoms with Gasteiger partial charge in [0.1, 0.15) is 0 Å². The molecule has 0 fully saturated rings. The molecular formula is C15H26N2. The first-order chi connectivity index (χ1) is 8.17. The molecule has 0 spiro atoms. The molecule has 17 heavy (non-hydrogen) atoms. The van der Waals surface area contributed by atoms with Crippen molar-refractivity contribution in [3.63, 3.8) is 0 Å². The minimum atomic E-state index is 0.632. The Balaban J connectivity index is 2.50. The number of aryl methyl sites for hydroxylation is 1. The molecule has 0 heterocycles. The van der Waals surface area contributed by atoms with E-state index in [4.69, 9.17) is 5.73 Å². The van der Waals surface area contributed by atoms with Crippen LogP contribution in [0.4, 0.5) is 0 Å². The summed E-state index contributed by atoms with van der Waals surface area (Å²) in [5.74, 6) is 0. The van der Waals surface area contributed by atoms with Crippen LogP contribution in [0.1, 0.15) is 42.9 Å². The van der Waals surface area contributed by atoms with E-state index in [1.165, 1.54) is 42.5 Å². The first kappa shape index (κ1) is 14.2. The van der Waals surface area contributed by atoms with Crippen LogP contribution in [0.3, 0.4) is 0 Å². The summed E-state index contributed by atoms with van der Waals surface area (Å²) < 4.78 is 0. The minimum absolute atomic E-state index is 0.632. The predicted molar refractivity (Wildman–Crippen MR) is 74.9 cm³/mol. The average molecular weight is 234 g/mol. The van der Waals surface area contributed by atoms with E-state index in [1.807, 2.05) is 0 Å². The molecule has 1 rings (SSSR count). The van der Waals surface area contributed by atoms with Crippen LogP contribution in [-0.2, 0) is 13.1 Å². The molecule has 0 aliphatic rings. The van der Waals surface area contributed by atoms with E-state index in [0.29, 0.717) is 6.54 Å². The molecule has 1 aromatic rings. The lowest BCUT2D eigenvalue weighted by Crippen LogP contribution is -2.19. The zero-order valence-corrected chi connectivity index (χ0v) is 11.5. The van der Waals surface area contributed by atoms with E-state index in [9.17, 15) is 0 Å². The Morgan fingerprint density at radius 1 is 1.24 bits per heavy atom. The van der Waals surface area contributed by atoms with Gasteiger partial charge in [0.15, 0.2) is 0 Å². The second-order valence-electron chi connectivity index (χ2n) is 4.91. The molecule has 0 aromatic heterocycles. The van der Waals surface area contributed by atoms with Crippen molar-refractivity contribution in [3.05, 3.63) is 34.9 Å². The van der Waals surface area contributed by atoms with E-state index >= 15 is 0 Å². The fourth-order valence-corrected chi connectivity index (χ4v) is 2.06. The molecule has 2 nitrogen and oxygen atoms in total. The Labute approximate surface area is 106 Å². The normalized spacial score (nSPS) is 11.1. The van der Waals surface area contributed by atoms with Gasteiger partial charge in [-0.25, -0.2) is 0 Å². The smallest absolute Gasteiger partial charge is 0.0233 e. The van der Waals surface area contributed by atoms with Gasteiger partial charge < -0.3 is 10.6 Å². The molecule has 0 atom stereocenters. The van der Waals surface area contributed by atoms with E-state index in [2.05, 4.69) is 44.0 Å². The maximum absolute atomic E-state index is 5.64. The SMILES string of the molecule is CCCCCN(C)Cc1ccc(CN)cc1C. The number of nitrogens with two attached hydrogens (primary N) is 1. The number of hydrogen-bond donors (Lipinski definition) is 1. The van der Waals surface area contributed by atoms with Crippen molar-refractivity contribution in [1.82, 2.24) is 4.90 Å². The highest BCUT2D eigenvalue weighted by atomic mass is 15.1. The lowest BCUT2D eigenvalue weighted by molar-refractivity contribution is 0.317. The fourth-order valence-electron chi connectivity index (χ4n) is 2.06. The Bertz CT molecular complexity index is 334. The lowest BCUT2D eigenvalue weighted by atomic mass is 10.0. The molecule has 2 N–H and O–H groups in total. The van der Waals surface area contributed by atoms with Crippen LogP contribution in [0.5, 0.6) is 0 Å². The number of benzene rings is 1. The number of hydrogen-bond acceptors (Lipinski definition) is 2. The Morgan fingerprint density at radius 2 is 2.00 bits per heavy atom. The molecule has 0 unspecified atom stereocenters. The molecule has 0 aliphatic heterocycles. The highest BCUT2D eigenvalue weighted by Crippen LogP contribution is 2.13. The molecule has 0 radical (unpaired) electrons. The second kappa shape index (κ2) is 7.46. The van der Waals surface area contributed by atoms with Gasteiger partial charge in [-0.3, -0.25) is 0 Å². The summed E-state index contributed by atoms with van der Waals surface area (Å²) >= 11 is 0. The summed E-state index contributed by atoms with van der Waals surface area (Å²) in [5.41, 5.74) is 9.64. The minimum Gasteiger partial charge on any atom is -0.326 e. The summed E-state index contributed by atoms with van der Waals surface area (Å²) in [7, 11) is 2.20. The Morgan fingerprint density at radius 3 is 2.59 bits per heavy atom. The second-order valence-corrected chi connectivity index (χ2v) is 4.91. The first-order valence-corrected chi connectivity index (χ1v) is 6.64. The highest BCUT2D eigenvalue weighted by Gasteiger charge is 2.03. The number of rotatable bonds is 7. The molecule has 2 heteroatoms. The van der Waals surface area contributed by atoms with Gasteiger partial charge in [0.25, 0.3) is 0 Å². The molecular weight excluding hydrogens is 208 g/mol. The van der Waals surface area contributed by atoms with Gasteiger partial charge in [0.05, 0.1) is 0 Å². The van der Waals surface area contributed by atoms with Gasteiger partial charge in [0.2, 0.25) is 0 Å². The van der Waals surface area contributed by atoms with Gasteiger partial charge in [-0.05, 0) is 43.6 Å². The van der Waals surface area contributed by atoms with Crippen molar-refractivity contribution >= 4 is 0 Å². The van der Waals surface area contributed by atoms with Crippen LogP contribution in [0, 0.1) is 6.92 Å². The number of unbranched alkanes of at least 4 members (excludes halogenated alkanes) is 2. The van der Waals surface area contributed by atoms with Gasteiger partial charge >= 0.3 is 0 Å². The summed E-state index contributed by atoms with van der Waals surface area (Å²) in [5, 5.41) is 0. The van der Waals surface area contributed by atoms with E-state index in [0.717, 1.165) is 6.54 Å². The molecule has 0 aliphatic carbocycles. The zero-order valence-electron chi connectivity index (χ0n) is 11.5. The van der Waals surface area contributed by atoms with E-state index in [1.54, 1.807) is 0 Å². The van der Waals surface area contributed by atoms with Crippen molar-refractivity contribution in [2.75, 3.05) is 13.6 Å². The third kappa shape index (κ3) is 4.88. The third-order valence-corrected chi connectivity index (χ3v) is 3.23. The maximum atomic E-state index is 5.64. The van der Waals surface area contributed by atoms with Crippen molar-refractivity contribution in [3.8, 4) is 0 Å². The van der Waals surface area contributed by atoms with E-state index in [-0.39, 0.29) is 0 Å². The highest BCUT2D eigenvalue weighted by molar-refractivity contribution is 5.30. The zero-order chi connectivity index (χ0) is 12.7. The van der Waals surface area contributed by atoms with Crippen LogP contribution >= 0.6 is 0 Å². The van der Waals surface area contributed by atoms with Crippen LogP contribution in [0.25, 0.3) is 0 Å². The standard InChI is InChI=1S/C15H26N2/c1-4-5-6-9-17(3)12-15-8-7-14(11-16)10-13(15)2/h7-8,10H,4-6,9,11-12,16H2,1-3H3. The van der Waals surface area contributed by atoms with Crippen molar-refractivity contribution in [2.45, 2.75) is 46.2 Å². The molecule has 0 saturated carbocycles. The van der Waals surface area contributed by atoms with Crippen molar-refractivity contribution in [1.29, 1.82) is 0 Å². The molecule has 96 valence electrons. The van der Waals surface area contributed by atoms with Crippen LogP contribution in [0.15, 0.2) is 18.2 Å². The topological polar surface area (TPSA) is 29.3 Å². The van der Waals surface area contributed by atoms with Crippen molar-refractivity contribution < 1.29 is 0 Å². The van der Waals surface area contributed by atoms with E-state index < -0.39 is 0 Å². The van der Waals surface area contributed by atoms with Crippen LogP contribution < -0.4 is 5.73 Å². The molecule has 0 amide bonds. The summed E-state index contributed by atoms with van der Waals surface area (Å²) in [6.45, 7) is 7.28. The fraction of sp³-hybridized carbons (Fsp3) is 0.600.